The van der Waals surface area contributed by atoms with Crippen molar-refractivity contribution in [3.63, 3.8) is 0 Å². The number of para-hydroxylation sites is 1. The minimum Gasteiger partial charge on any atom is -0.481 e. The van der Waals surface area contributed by atoms with Crippen molar-refractivity contribution in [2.24, 2.45) is 11.7 Å². The maximum atomic E-state index is 13.8. The van der Waals surface area contributed by atoms with Crippen molar-refractivity contribution in [3.8, 4) is 0 Å². The van der Waals surface area contributed by atoms with Gasteiger partial charge in [-0.1, -0.05) is 32.0 Å². The minimum atomic E-state index is -1.84. The number of carbonyl (C=O) groups is 10. The van der Waals surface area contributed by atoms with Crippen LogP contribution in [0.4, 0.5) is 0 Å². The van der Waals surface area contributed by atoms with Crippen molar-refractivity contribution in [2.75, 3.05) is 25.1 Å². The van der Waals surface area contributed by atoms with Gasteiger partial charge in [0.15, 0.2) is 0 Å². The van der Waals surface area contributed by atoms with Crippen molar-refractivity contribution in [2.45, 2.75) is 89.1 Å². The molecule has 0 unspecified atom stereocenters. The molecule has 0 aliphatic rings. The number of rotatable bonds is 26. The van der Waals surface area contributed by atoms with E-state index in [-0.39, 0.29) is 30.9 Å². The molecule has 2 aromatic rings. The monoisotopic (exact) mass is 863 g/mol. The average molecular weight is 864 g/mol. The summed E-state index contributed by atoms with van der Waals surface area (Å²) in [7, 11) is 0. The van der Waals surface area contributed by atoms with Gasteiger partial charge in [-0.3, -0.25) is 43.2 Å². The summed E-state index contributed by atoms with van der Waals surface area (Å²) in [5.74, 6) is -11.0. The molecule has 60 heavy (non-hydrogen) atoms. The van der Waals surface area contributed by atoms with Gasteiger partial charge in [0, 0.05) is 23.5 Å². The lowest BCUT2D eigenvalue weighted by Crippen LogP contribution is -2.60. The molecule has 0 aliphatic heterocycles. The highest BCUT2D eigenvalue weighted by molar-refractivity contribution is 7.98. The van der Waals surface area contributed by atoms with E-state index in [0.29, 0.717) is 16.5 Å². The van der Waals surface area contributed by atoms with Crippen molar-refractivity contribution in [3.05, 3.63) is 36.0 Å². The van der Waals surface area contributed by atoms with Crippen LogP contribution in [0, 0.1) is 5.92 Å². The molecule has 22 nitrogen and oxygen atoms in total. The minimum absolute atomic E-state index is 0.0548. The number of aromatic nitrogens is 1. The van der Waals surface area contributed by atoms with Gasteiger partial charge in [0.2, 0.25) is 41.4 Å². The van der Waals surface area contributed by atoms with Crippen molar-refractivity contribution in [1.29, 1.82) is 0 Å². The van der Waals surface area contributed by atoms with Gasteiger partial charge in [-0.15, -0.1) is 0 Å². The molecule has 0 saturated carbocycles. The first-order chi connectivity index (χ1) is 28.2. The highest BCUT2D eigenvalue weighted by Crippen LogP contribution is 2.20. The number of aliphatic carboxylic acids is 3. The number of thioether (sulfide) groups is 1. The molecule has 0 saturated heterocycles. The Kier molecular flexibility index (Phi) is 20.5. The molecule has 0 bridgehead atoms. The van der Waals surface area contributed by atoms with Gasteiger partial charge in [-0.2, -0.15) is 11.8 Å². The van der Waals surface area contributed by atoms with Gasteiger partial charge in [0.25, 0.3) is 0 Å². The number of aromatic amines is 1. The Hall–Kier alpha value is -6.23. The van der Waals surface area contributed by atoms with Crippen LogP contribution in [0.15, 0.2) is 30.5 Å². The molecule has 7 amide bonds. The third-order valence-corrected chi connectivity index (χ3v) is 9.27. The van der Waals surface area contributed by atoms with Crippen LogP contribution >= 0.6 is 11.8 Å². The Morgan fingerprint density at radius 3 is 1.75 bits per heavy atom. The van der Waals surface area contributed by atoms with Crippen LogP contribution in [0.5, 0.6) is 0 Å². The van der Waals surface area contributed by atoms with Crippen LogP contribution in [0.25, 0.3) is 10.9 Å². The SMILES string of the molecule is CSCC[C@H](NC(=O)[C@H](CC(=O)O)NC(=O)CNC(=O)CNC(=O)[C@H](C)N)C(=O)N[C@@H](CC(=O)O)C(=O)N[C@@H](Cc1c[nH]c2ccccc12)C(=O)N[C@@H](CC(C)C)C(=O)O. The number of H-pyrrole nitrogens is 1. The predicted octanol–water partition coefficient (Wildman–Crippen LogP) is -2.45. The quantitative estimate of drug-likeness (QED) is 0.0467. The summed E-state index contributed by atoms with van der Waals surface area (Å²) in [5, 5.41) is 45.7. The lowest BCUT2D eigenvalue weighted by atomic mass is 10.0. The van der Waals surface area contributed by atoms with E-state index < -0.39 is 121 Å². The van der Waals surface area contributed by atoms with Gasteiger partial charge in [0.1, 0.15) is 30.2 Å². The van der Waals surface area contributed by atoms with Gasteiger partial charge in [-0.25, -0.2) is 4.79 Å². The summed E-state index contributed by atoms with van der Waals surface area (Å²) in [6.07, 6.45) is 1.07. The normalized spacial score (nSPS) is 14.0. The van der Waals surface area contributed by atoms with Gasteiger partial charge in [0.05, 0.1) is 32.0 Å². The van der Waals surface area contributed by atoms with Gasteiger partial charge < -0.3 is 63.3 Å². The Morgan fingerprint density at radius 2 is 1.18 bits per heavy atom. The van der Waals surface area contributed by atoms with E-state index in [1.54, 1.807) is 50.6 Å². The third kappa shape index (κ3) is 17.3. The second-order valence-electron chi connectivity index (χ2n) is 14.2. The number of fused-ring (bicyclic) bond motifs is 1. The molecule has 0 spiro atoms. The Balaban J connectivity index is 2.30. The molecule has 6 atom stereocenters. The van der Waals surface area contributed by atoms with E-state index in [0.717, 1.165) is 0 Å². The Bertz CT molecular complexity index is 1890. The zero-order valence-electron chi connectivity index (χ0n) is 33.5. The molecule has 1 heterocycles. The van der Waals surface area contributed by atoms with Gasteiger partial charge >= 0.3 is 17.9 Å². The number of carboxylic acid groups (broad SMARTS) is 3. The van der Waals surface area contributed by atoms with E-state index in [9.17, 15) is 63.3 Å². The van der Waals surface area contributed by atoms with Crippen molar-refractivity contribution >= 4 is 81.9 Å². The smallest absolute Gasteiger partial charge is 0.326 e. The third-order valence-electron chi connectivity index (χ3n) is 8.62. The van der Waals surface area contributed by atoms with Crippen LogP contribution < -0.4 is 43.0 Å². The fourth-order valence-corrected chi connectivity index (χ4v) is 6.07. The average Bonchev–Trinajstić information content (AvgIpc) is 3.58. The summed E-state index contributed by atoms with van der Waals surface area (Å²) < 4.78 is 0. The highest BCUT2D eigenvalue weighted by atomic mass is 32.2. The van der Waals surface area contributed by atoms with Crippen molar-refractivity contribution < 1.29 is 63.3 Å². The van der Waals surface area contributed by atoms with Crippen molar-refractivity contribution in [1.82, 2.24) is 42.2 Å². The number of nitrogens with two attached hydrogens (primary N) is 1. The molecule has 330 valence electrons. The van der Waals surface area contributed by atoms with E-state index in [4.69, 9.17) is 5.73 Å². The molecule has 1 aromatic carbocycles. The van der Waals surface area contributed by atoms with E-state index in [1.807, 2.05) is 0 Å². The number of benzene rings is 1. The van der Waals surface area contributed by atoms with Crippen LogP contribution in [0.3, 0.4) is 0 Å². The largest absolute Gasteiger partial charge is 0.481 e. The molecular formula is C37H53N9O13S. The molecule has 2 rings (SSSR count). The Morgan fingerprint density at radius 1 is 0.667 bits per heavy atom. The number of carbonyl (C=O) groups excluding carboxylic acids is 7. The zero-order chi connectivity index (χ0) is 45.1. The molecule has 13 N–H and O–H groups in total. The lowest BCUT2D eigenvalue weighted by Gasteiger charge is -2.26. The topological polar surface area (TPSA) is 357 Å². The Labute approximate surface area is 348 Å². The standard InChI is InChI=1S/C37H53N9O13S/c1-18(2)11-27(37(58)59)46-34(55)24(12-20-15-39-22-8-6-5-7-21(20)22)44-36(57)26(14-31(51)52)45-33(54)23(9-10-60-4)43-35(56)25(13-30(49)50)42-29(48)17-40-28(47)16-41-32(53)19(3)38/h5-8,15,18-19,23-27,39H,9-14,16-17,38H2,1-4H3,(H,40,47)(H,41,53)(H,42,48)(H,43,56)(H,44,57)(H,45,54)(H,46,55)(H,49,50)(H,51,52)(H,58,59)/t19-,23-,24-,25-,26-,27-/m0/s1. The maximum absolute atomic E-state index is 13.8. The number of hydrogen-bond acceptors (Lipinski definition) is 12. The first-order valence-electron chi connectivity index (χ1n) is 18.7. The maximum Gasteiger partial charge on any atom is 0.326 e. The number of carboxylic acids is 3. The van der Waals surface area contributed by atoms with Crippen LogP contribution in [0.2, 0.25) is 0 Å². The molecule has 0 aliphatic carbocycles. The molecular weight excluding hydrogens is 811 g/mol. The highest BCUT2D eigenvalue weighted by Gasteiger charge is 2.34. The second kappa shape index (κ2) is 24.6. The van der Waals surface area contributed by atoms with Crippen LogP contribution in [-0.2, 0) is 54.4 Å². The fourth-order valence-electron chi connectivity index (χ4n) is 5.60. The summed E-state index contributed by atoms with van der Waals surface area (Å²) in [6, 6.07) is -1.78. The number of amides is 7. The van der Waals surface area contributed by atoms with Crippen LogP contribution in [-0.4, -0.2) is 141 Å². The first kappa shape index (κ1) is 49.9. The summed E-state index contributed by atoms with van der Waals surface area (Å²) in [5.41, 5.74) is 6.66. The molecule has 1 aromatic heterocycles. The summed E-state index contributed by atoms with van der Waals surface area (Å²) >= 11 is 1.25. The van der Waals surface area contributed by atoms with Crippen LogP contribution in [0.1, 0.15) is 52.0 Å². The summed E-state index contributed by atoms with van der Waals surface area (Å²) in [4.78, 5) is 129. The van der Waals surface area contributed by atoms with E-state index >= 15 is 0 Å². The molecule has 0 radical (unpaired) electrons. The molecule has 0 fully saturated rings. The number of hydrogen-bond donors (Lipinski definition) is 12. The van der Waals surface area contributed by atoms with E-state index in [1.165, 1.54) is 18.7 Å². The zero-order valence-corrected chi connectivity index (χ0v) is 34.3. The lowest BCUT2D eigenvalue weighted by molar-refractivity contribution is -0.143. The van der Waals surface area contributed by atoms with E-state index in [2.05, 4.69) is 42.2 Å². The molecule has 23 heteroatoms. The summed E-state index contributed by atoms with van der Waals surface area (Å²) in [6.45, 7) is 3.63. The number of nitrogens with one attached hydrogen (secondary N) is 8. The first-order valence-corrected chi connectivity index (χ1v) is 20.1. The fraction of sp³-hybridized carbons (Fsp3) is 0.514. The predicted molar refractivity (Wildman–Crippen MR) is 216 cm³/mol. The second-order valence-corrected chi connectivity index (χ2v) is 15.1. The van der Waals surface area contributed by atoms with Gasteiger partial charge in [-0.05, 0) is 49.3 Å².